The summed E-state index contributed by atoms with van der Waals surface area (Å²) in [5.41, 5.74) is 0.395. The third-order valence-electron chi connectivity index (χ3n) is 3.04. The summed E-state index contributed by atoms with van der Waals surface area (Å²) in [6.07, 6.45) is 0. The number of H-pyrrole nitrogens is 1. The Morgan fingerprint density at radius 1 is 1.25 bits per heavy atom. The van der Waals surface area contributed by atoms with Crippen LogP contribution in [0.25, 0.3) is 10.8 Å². The van der Waals surface area contributed by atoms with Crippen molar-refractivity contribution < 1.29 is 0 Å². The van der Waals surface area contributed by atoms with Gasteiger partial charge in [0.05, 0.1) is 11.6 Å². The zero-order valence-corrected chi connectivity index (χ0v) is 11.4. The van der Waals surface area contributed by atoms with Crippen molar-refractivity contribution in [1.29, 1.82) is 5.26 Å². The molecule has 0 aliphatic rings. The largest absolute Gasteiger partial charge is 0.343 e. The molecule has 1 heterocycles. The van der Waals surface area contributed by atoms with Crippen molar-refractivity contribution in [2.45, 2.75) is 10.1 Å². The molecule has 98 valence electrons. The monoisotopic (exact) mass is 282 g/mol. The molecule has 0 radical (unpaired) electrons. The molecule has 0 aliphatic carbocycles. The lowest BCUT2D eigenvalue weighted by molar-refractivity contribution is 0.766. The van der Waals surface area contributed by atoms with Gasteiger partial charge in [0.15, 0.2) is 5.16 Å². The molecule has 0 amide bonds. The van der Waals surface area contributed by atoms with E-state index in [0.717, 1.165) is 15.7 Å². The van der Waals surface area contributed by atoms with Crippen LogP contribution in [0.2, 0.25) is 0 Å². The lowest BCUT2D eigenvalue weighted by Gasteiger charge is -2.06. The maximum atomic E-state index is 11.4. The second kappa shape index (κ2) is 4.87. The van der Waals surface area contributed by atoms with E-state index < -0.39 is 0 Å². The first-order valence-electron chi connectivity index (χ1n) is 5.92. The fourth-order valence-corrected chi connectivity index (χ4v) is 2.91. The van der Waals surface area contributed by atoms with Crippen LogP contribution in [0.1, 0.15) is 5.56 Å². The first kappa shape index (κ1) is 12.5. The van der Waals surface area contributed by atoms with Crippen LogP contribution >= 0.6 is 11.8 Å². The Morgan fingerprint density at radius 2 is 2.00 bits per heavy atom. The maximum Gasteiger partial charge on any atom is 0.343 e. The third-order valence-corrected chi connectivity index (χ3v) is 4.17. The van der Waals surface area contributed by atoms with E-state index in [2.05, 4.69) is 16.3 Å². The quantitative estimate of drug-likeness (QED) is 0.782. The van der Waals surface area contributed by atoms with Crippen LogP contribution in [0.3, 0.4) is 0 Å². The molecule has 0 saturated carbocycles. The van der Waals surface area contributed by atoms with Gasteiger partial charge in [-0.25, -0.2) is 9.89 Å². The zero-order valence-electron chi connectivity index (χ0n) is 10.6. The highest BCUT2D eigenvalue weighted by molar-refractivity contribution is 7.99. The van der Waals surface area contributed by atoms with Gasteiger partial charge < -0.3 is 0 Å². The molecule has 0 bridgehead atoms. The Hall–Kier alpha value is -2.52. The molecule has 0 aliphatic heterocycles. The Morgan fingerprint density at radius 3 is 2.65 bits per heavy atom. The van der Waals surface area contributed by atoms with E-state index in [0.29, 0.717) is 10.7 Å². The summed E-state index contributed by atoms with van der Waals surface area (Å²) in [5, 5.41) is 18.0. The number of hydrogen-bond donors (Lipinski definition) is 1. The average Bonchev–Trinajstić information content (AvgIpc) is 2.79. The summed E-state index contributed by atoms with van der Waals surface area (Å²) < 4.78 is 1.46. The summed E-state index contributed by atoms with van der Waals surface area (Å²) in [4.78, 5) is 12.3. The van der Waals surface area contributed by atoms with Gasteiger partial charge in [-0.05, 0) is 29.3 Å². The summed E-state index contributed by atoms with van der Waals surface area (Å²) in [7, 11) is 1.67. The molecule has 3 rings (SSSR count). The number of fused-ring (bicyclic) bond motifs is 1. The van der Waals surface area contributed by atoms with Crippen molar-refractivity contribution in [2.75, 3.05) is 0 Å². The van der Waals surface area contributed by atoms with Gasteiger partial charge in [0.2, 0.25) is 0 Å². The highest BCUT2D eigenvalue weighted by atomic mass is 32.2. The van der Waals surface area contributed by atoms with E-state index in [4.69, 9.17) is 5.26 Å². The lowest BCUT2D eigenvalue weighted by atomic mass is 10.1. The molecular formula is C14H10N4OS. The summed E-state index contributed by atoms with van der Waals surface area (Å²) >= 11 is 1.39. The van der Waals surface area contributed by atoms with Crippen molar-refractivity contribution in [3.8, 4) is 6.07 Å². The van der Waals surface area contributed by atoms with Crippen LogP contribution < -0.4 is 5.69 Å². The van der Waals surface area contributed by atoms with Crippen LogP contribution in [0, 0.1) is 11.3 Å². The van der Waals surface area contributed by atoms with Crippen LogP contribution in [-0.2, 0) is 7.05 Å². The smallest absolute Gasteiger partial charge is 0.273 e. The SMILES string of the molecule is Cn1c(Sc2ccc(C#N)c3ccccc23)n[nH]c1=O. The number of nitrogens with one attached hydrogen (secondary N) is 1. The third kappa shape index (κ3) is 1.98. The second-order valence-corrected chi connectivity index (χ2v) is 5.25. The maximum absolute atomic E-state index is 11.4. The fourth-order valence-electron chi connectivity index (χ4n) is 1.98. The van der Waals surface area contributed by atoms with Crippen LogP contribution in [0.4, 0.5) is 0 Å². The molecular weight excluding hydrogens is 272 g/mol. The number of rotatable bonds is 2. The van der Waals surface area contributed by atoms with E-state index in [1.807, 2.05) is 30.3 Å². The molecule has 2 aromatic carbocycles. The first-order chi connectivity index (χ1) is 9.70. The fraction of sp³-hybridized carbons (Fsp3) is 0.0714. The summed E-state index contributed by atoms with van der Waals surface area (Å²) in [6, 6.07) is 13.6. The number of nitrogens with zero attached hydrogens (tertiary/aromatic N) is 3. The minimum atomic E-state index is -0.245. The zero-order chi connectivity index (χ0) is 14.1. The lowest BCUT2D eigenvalue weighted by Crippen LogP contribution is -2.12. The summed E-state index contributed by atoms with van der Waals surface area (Å²) in [5.74, 6) is 0. The first-order valence-corrected chi connectivity index (χ1v) is 6.73. The van der Waals surface area contributed by atoms with Crippen molar-refractivity contribution in [2.24, 2.45) is 7.05 Å². The molecule has 5 nitrogen and oxygen atoms in total. The van der Waals surface area contributed by atoms with E-state index >= 15 is 0 Å². The van der Waals surface area contributed by atoms with Crippen molar-refractivity contribution in [3.63, 3.8) is 0 Å². The molecule has 6 heteroatoms. The number of nitriles is 1. The number of aromatic nitrogens is 3. The van der Waals surface area contributed by atoms with Crippen LogP contribution in [0.15, 0.2) is 51.2 Å². The van der Waals surface area contributed by atoms with Crippen molar-refractivity contribution in [3.05, 3.63) is 52.4 Å². The van der Waals surface area contributed by atoms with Gasteiger partial charge in [-0.15, -0.1) is 5.10 Å². The van der Waals surface area contributed by atoms with Gasteiger partial charge in [-0.2, -0.15) is 5.26 Å². The minimum absolute atomic E-state index is 0.245. The van der Waals surface area contributed by atoms with Crippen LogP contribution in [-0.4, -0.2) is 14.8 Å². The van der Waals surface area contributed by atoms with Gasteiger partial charge in [0.1, 0.15) is 0 Å². The number of hydrogen-bond acceptors (Lipinski definition) is 4. The van der Waals surface area contributed by atoms with Crippen LogP contribution in [0.5, 0.6) is 0 Å². The van der Waals surface area contributed by atoms with Crippen molar-refractivity contribution >= 4 is 22.5 Å². The van der Waals surface area contributed by atoms with E-state index in [1.54, 1.807) is 13.1 Å². The molecule has 3 aromatic rings. The molecule has 0 atom stereocenters. The van der Waals surface area contributed by atoms with Gasteiger partial charge in [0, 0.05) is 17.3 Å². The number of aromatic amines is 1. The normalized spacial score (nSPS) is 10.6. The molecule has 20 heavy (non-hydrogen) atoms. The average molecular weight is 282 g/mol. The van der Waals surface area contributed by atoms with Gasteiger partial charge in [0.25, 0.3) is 0 Å². The van der Waals surface area contributed by atoms with Gasteiger partial charge >= 0.3 is 5.69 Å². The van der Waals surface area contributed by atoms with E-state index in [9.17, 15) is 4.79 Å². The highest BCUT2D eigenvalue weighted by Gasteiger charge is 2.10. The molecule has 1 N–H and O–H groups in total. The molecule has 0 spiro atoms. The van der Waals surface area contributed by atoms with Crippen molar-refractivity contribution in [1.82, 2.24) is 14.8 Å². The Labute approximate surface area is 118 Å². The Kier molecular flexibility index (Phi) is 3.05. The molecule has 0 unspecified atom stereocenters. The Bertz CT molecular complexity index is 888. The molecule has 1 aromatic heterocycles. The minimum Gasteiger partial charge on any atom is -0.273 e. The predicted molar refractivity (Wildman–Crippen MR) is 76.6 cm³/mol. The Balaban J connectivity index is 2.16. The summed E-state index contributed by atoms with van der Waals surface area (Å²) in [6.45, 7) is 0. The van der Waals surface area contributed by atoms with E-state index in [1.165, 1.54) is 16.3 Å². The predicted octanol–water partition coefficient (Wildman–Crippen LogP) is 2.28. The molecule has 0 fully saturated rings. The van der Waals surface area contributed by atoms with Gasteiger partial charge in [-0.1, -0.05) is 24.3 Å². The van der Waals surface area contributed by atoms with Gasteiger partial charge in [-0.3, -0.25) is 4.57 Å². The molecule has 0 saturated heterocycles. The van der Waals surface area contributed by atoms with E-state index in [-0.39, 0.29) is 5.69 Å². The second-order valence-electron chi connectivity index (χ2n) is 4.24. The topological polar surface area (TPSA) is 74.5 Å². The highest BCUT2D eigenvalue weighted by Crippen LogP contribution is 2.33. The number of benzene rings is 2. The standard InChI is InChI=1S/C14H10N4OS/c1-18-13(19)16-17-14(18)20-12-7-6-9(8-15)10-4-2-3-5-11(10)12/h2-7H,1H3,(H,16,19).